The van der Waals surface area contributed by atoms with Crippen molar-refractivity contribution in [1.82, 2.24) is 4.98 Å². The third kappa shape index (κ3) is 7.58. The van der Waals surface area contributed by atoms with Crippen molar-refractivity contribution in [3.05, 3.63) is 211 Å². The number of rotatable bonds is 7. The minimum Gasteiger partial charge on any atom is -0.311 e. The van der Waals surface area contributed by atoms with E-state index in [0.717, 1.165) is 28.7 Å². The topological polar surface area (TPSA) is 22.6 Å². The van der Waals surface area contributed by atoms with E-state index in [4.69, 9.17) is 4.98 Å². The van der Waals surface area contributed by atoms with Crippen LogP contribution in [-0.2, 0) is 10.8 Å². The van der Waals surface area contributed by atoms with E-state index in [1.807, 2.05) is 0 Å². The molecule has 0 bridgehead atoms. The number of fused-ring (bicyclic) bond motifs is 5. The van der Waals surface area contributed by atoms with Crippen LogP contribution in [0.2, 0.25) is 0 Å². The number of pyridine rings is 1. The molecule has 1 saturated carbocycles. The number of nitrogens with zero attached hydrogens (tertiary/aromatic N) is 4. The molecule has 0 saturated heterocycles. The van der Waals surface area contributed by atoms with Crippen LogP contribution in [0.25, 0.3) is 21.9 Å². The second-order valence-electron chi connectivity index (χ2n) is 21.9. The van der Waals surface area contributed by atoms with Gasteiger partial charge < -0.3 is 4.90 Å². The van der Waals surface area contributed by atoms with E-state index in [9.17, 15) is 0 Å². The van der Waals surface area contributed by atoms with Gasteiger partial charge in [-0.05, 0) is 152 Å². The van der Waals surface area contributed by atoms with Gasteiger partial charge in [0.05, 0.1) is 5.69 Å². The maximum absolute atomic E-state index is 6.05. The molecule has 5 heteroatoms. The summed E-state index contributed by atoms with van der Waals surface area (Å²) in [5.41, 5.74) is 18.3. The second kappa shape index (κ2) is 17.2. The Kier molecular flexibility index (Phi) is 10.8. The highest BCUT2D eigenvalue weighted by Gasteiger charge is 2.45. The predicted molar refractivity (Wildman–Crippen MR) is 299 cm³/mol. The molecule has 2 aliphatic heterocycles. The number of benzene rings is 8. The Labute approximate surface area is 415 Å². The Bertz CT molecular complexity index is 3390. The zero-order chi connectivity index (χ0) is 47.7. The first kappa shape index (κ1) is 43.9. The van der Waals surface area contributed by atoms with E-state index in [2.05, 4.69) is 250 Å². The van der Waals surface area contributed by atoms with Crippen LogP contribution in [-0.4, -0.2) is 11.7 Å². The van der Waals surface area contributed by atoms with Crippen LogP contribution in [0.1, 0.15) is 96.3 Å². The van der Waals surface area contributed by atoms with Gasteiger partial charge in [0.25, 0.3) is 6.71 Å². The third-order valence-corrected chi connectivity index (χ3v) is 15.3. The summed E-state index contributed by atoms with van der Waals surface area (Å²) in [6.45, 7) is 13.8. The Morgan fingerprint density at radius 2 is 1.11 bits per heavy atom. The lowest BCUT2D eigenvalue weighted by Crippen LogP contribution is -2.61. The van der Waals surface area contributed by atoms with Crippen molar-refractivity contribution >= 4 is 85.3 Å². The summed E-state index contributed by atoms with van der Waals surface area (Å²) in [5, 5.41) is 2.46. The Morgan fingerprint density at radius 3 is 1.83 bits per heavy atom. The summed E-state index contributed by atoms with van der Waals surface area (Å²) in [4.78, 5) is 13.5. The van der Waals surface area contributed by atoms with Crippen molar-refractivity contribution in [3.63, 3.8) is 0 Å². The fourth-order valence-electron chi connectivity index (χ4n) is 11.7. The zero-order valence-electron chi connectivity index (χ0n) is 41.5. The highest BCUT2D eigenvalue weighted by atomic mass is 15.3. The van der Waals surface area contributed by atoms with Crippen LogP contribution < -0.4 is 31.1 Å². The summed E-state index contributed by atoms with van der Waals surface area (Å²) in [7, 11) is 0. The normalized spacial score (nSPS) is 14.6. The Balaban J connectivity index is 1.14. The van der Waals surface area contributed by atoms with Gasteiger partial charge in [-0.1, -0.05) is 182 Å². The summed E-state index contributed by atoms with van der Waals surface area (Å²) in [6, 6.07) is 72.7. The van der Waals surface area contributed by atoms with Gasteiger partial charge in [0, 0.05) is 39.7 Å². The molecular formula is C65H61BN4. The molecule has 0 radical (unpaired) electrons. The monoisotopic (exact) mass is 908 g/mol. The van der Waals surface area contributed by atoms with Gasteiger partial charge in [0.2, 0.25) is 0 Å². The average molecular weight is 909 g/mol. The Morgan fingerprint density at radius 1 is 0.500 bits per heavy atom. The van der Waals surface area contributed by atoms with Gasteiger partial charge in [0.15, 0.2) is 0 Å². The molecule has 1 aliphatic carbocycles. The van der Waals surface area contributed by atoms with E-state index in [1.54, 1.807) is 0 Å². The second-order valence-corrected chi connectivity index (χ2v) is 21.9. The molecule has 0 unspecified atom stereocenters. The molecular weight excluding hydrogens is 848 g/mol. The standard InChI is InChI=1S/C65H61BN4/c1-64(2,3)47-33-36-51(37-34-47)69(57-39-35-48(65(4,5)6)43-54(57)53-30-20-24-45-23-16-17-29-52(45)53)61-40-38-56-63(67-61)70(50-27-14-9-15-28-50)60-42-46(44-21-10-7-11-22-44)41-59-62(60)66(56)55-31-18-19-32-58(55)68(59)49-25-12-8-13-26-49/h8-9,12-20,23-44H,7,10-11,21-22H2,1-6H3. The maximum atomic E-state index is 6.05. The first-order chi connectivity index (χ1) is 34.0. The fraction of sp³-hybridized carbons (Fsp3) is 0.215. The minimum absolute atomic E-state index is 0.00118. The quantitative estimate of drug-likeness (QED) is 0.149. The molecule has 0 N–H and O–H groups in total. The van der Waals surface area contributed by atoms with Crippen LogP contribution in [0.3, 0.4) is 0 Å². The molecule has 4 nitrogen and oxygen atoms in total. The SMILES string of the molecule is CC(C)(C)c1ccc(N(c2ccc3c(n2)N(c2ccccc2)c2cc(C4CCCCC4)cc4c2B3c2ccccc2N4c2ccccc2)c2ccc(C(C)(C)C)cc2-c2cccc3ccccc23)cc1. The fourth-order valence-corrected chi connectivity index (χ4v) is 11.7. The zero-order valence-corrected chi connectivity index (χ0v) is 41.5. The lowest BCUT2D eigenvalue weighted by atomic mass is 9.33. The number of hydrogen-bond donors (Lipinski definition) is 0. The number of aromatic nitrogens is 1. The van der Waals surface area contributed by atoms with Crippen molar-refractivity contribution in [3.8, 4) is 11.1 Å². The smallest absolute Gasteiger partial charge is 0.254 e. The van der Waals surface area contributed by atoms with Crippen molar-refractivity contribution < 1.29 is 0 Å². The highest BCUT2D eigenvalue weighted by Crippen LogP contribution is 2.49. The largest absolute Gasteiger partial charge is 0.311 e. The van der Waals surface area contributed by atoms with Crippen LogP contribution in [0.5, 0.6) is 0 Å². The molecule has 1 aromatic heterocycles. The lowest BCUT2D eigenvalue weighted by Gasteiger charge is -2.44. The van der Waals surface area contributed by atoms with Crippen molar-refractivity contribution in [2.75, 3.05) is 14.7 Å². The molecule has 0 spiro atoms. The number of para-hydroxylation sites is 3. The molecule has 0 atom stereocenters. The van der Waals surface area contributed by atoms with E-state index < -0.39 is 0 Å². The number of hydrogen-bond acceptors (Lipinski definition) is 4. The van der Waals surface area contributed by atoms with Gasteiger partial charge in [-0.25, -0.2) is 4.98 Å². The minimum atomic E-state index is -0.0631. The van der Waals surface area contributed by atoms with Gasteiger partial charge in [-0.2, -0.15) is 0 Å². The van der Waals surface area contributed by atoms with Crippen molar-refractivity contribution in [1.29, 1.82) is 0 Å². The molecule has 3 heterocycles. The average Bonchev–Trinajstić information content (AvgIpc) is 3.39. The Hall–Kier alpha value is -7.37. The van der Waals surface area contributed by atoms with Crippen molar-refractivity contribution in [2.45, 2.75) is 90.4 Å². The van der Waals surface area contributed by atoms with E-state index in [0.29, 0.717) is 5.92 Å². The molecule has 1 fully saturated rings. The first-order valence-corrected chi connectivity index (χ1v) is 25.5. The molecule has 70 heavy (non-hydrogen) atoms. The predicted octanol–water partition coefficient (Wildman–Crippen LogP) is 16.1. The maximum Gasteiger partial charge on any atom is 0.254 e. The summed E-state index contributed by atoms with van der Waals surface area (Å²) >= 11 is 0. The highest BCUT2D eigenvalue weighted by molar-refractivity contribution is 7.00. The number of anilines is 9. The lowest BCUT2D eigenvalue weighted by molar-refractivity contribution is 0.444. The van der Waals surface area contributed by atoms with E-state index in [-0.39, 0.29) is 17.5 Å². The molecule has 3 aliphatic rings. The summed E-state index contributed by atoms with van der Waals surface area (Å²) in [6.07, 6.45) is 6.27. The molecule has 8 aromatic carbocycles. The third-order valence-electron chi connectivity index (χ3n) is 15.3. The molecule has 0 amide bonds. The summed E-state index contributed by atoms with van der Waals surface area (Å²) in [5.74, 6) is 2.33. The van der Waals surface area contributed by atoms with Crippen LogP contribution in [0.4, 0.5) is 51.4 Å². The van der Waals surface area contributed by atoms with Gasteiger partial charge in [-0.15, -0.1) is 0 Å². The van der Waals surface area contributed by atoms with Gasteiger partial charge >= 0.3 is 0 Å². The first-order valence-electron chi connectivity index (χ1n) is 25.5. The van der Waals surface area contributed by atoms with E-state index in [1.165, 1.54) is 110 Å². The van der Waals surface area contributed by atoms with E-state index >= 15 is 0 Å². The summed E-state index contributed by atoms with van der Waals surface area (Å²) < 4.78 is 0. The molecule has 344 valence electrons. The van der Waals surface area contributed by atoms with Crippen LogP contribution in [0, 0.1) is 0 Å². The molecule has 12 rings (SSSR count). The van der Waals surface area contributed by atoms with Crippen molar-refractivity contribution in [2.24, 2.45) is 0 Å². The van der Waals surface area contributed by atoms with Gasteiger partial charge in [-0.3, -0.25) is 9.80 Å². The van der Waals surface area contributed by atoms with Crippen LogP contribution >= 0.6 is 0 Å². The molecule has 9 aromatic rings. The van der Waals surface area contributed by atoms with Gasteiger partial charge in [0.1, 0.15) is 11.6 Å². The van der Waals surface area contributed by atoms with Crippen LogP contribution in [0.15, 0.2) is 194 Å².